The van der Waals surface area contributed by atoms with E-state index < -0.39 is 0 Å². The predicted molar refractivity (Wildman–Crippen MR) is 54.2 cm³/mol. The van der Waals surface area contributed by atoms with Gasteiger partial charge in [0.05, 0.1) is 6.61 Å². The second-order valence-electron chi connectivity index (χ2n) is 4.14. The average molecular weight is 186 g/mol. The van der Waals surface area contributed by atoms with E-state index in [9.17, 15) is 0 Å². The summed E-state index contributed by atoms with van der Waals surface area (Å²) in [5.74, 6) is 1.50. The largest absolute Gasteiger partial charge is 0.395 e. The molecule has 3 atom stereocenters. The topological polar surface area (TPSA) is 44.3 Å². The van der Waals surface area contributed by atoms with Crippen molar-refractivity contribution < 1.29 is 5.11 Å². The first-order chi connectivity index (χ1) is 6.19. The van der Waals surface area contributed by atoms with Crippen LogP contribution in [0.25, 0.3) is 0 Å². The maximum atomic E-state index is 8.64. The lowest BCUT2D eigenvalue weighted by Crippen LogP contribution is -2.46. The van der Waals surface area contributed by atoms with E-state index in [0.717, 1.165) is 11.8 Å². The Balaban J connectivity index is 2.33. The fourth-order valence-corrected chi connectivity index (χ4v) is 2.30. The second-order valence-corrected chi connectivity index (χ2v) is 4.14. The molecule has 1 fully saturated rings. The molecule has 0 aromatic heterocycles. The van der Waals surface area contributed by atoms with Crippen molar-refractivity contribution in [1.29, 1.82) is 0 Å². The minimum absolute atomic E-state index is 0.192. The first kappa shape index (κ1) is 11.0. The van der Waals surface area contributed by atoms with Gasteiger partial charge in [-0.15, -0.1) is 0 Å². The van der Waals surface area contributed by atoms with Gasteiger partial charge in [-0.25, -0.2) is 0 Å². The molecule has 0 aromatic carbocycles. The van der Waals surface area contributed by atoms with Gasteiger partial charge in [0.25, 0.3) is 0 Å². The van der Waals surface area contributed by atoms with Gasteiger partial charge >= 0.3 is 0 Å². The molecule has 78 valence electrons. The zero-order valence-corrected chi connectivity index (χ0v) is 8.93. The van der Waals surface area contributed by atoms with Crippen LogP contribution in [0, 0.1) is 11.8 Å². The van der Waals surface area contributed by atoms with Crippen LogP contribution in [-0.4, -0.2) is 23.8 Å². The quantitative estimate of drug-likeness (QED) is 0.426. The second kappa shape index (κ2) is 4.40. The van der Waals surface area contributed by atoms with E-state index in [2.05, 4.69) is 31.6 Å². The van der Waals surface area contributed by atoms with Crippen molar-refractivity contribution >= 4 is 0 Å². The lowest BCUT2D eigenvalue weighted by atomic mass is 10.1. The van der Waals surface area contributed by atoms with Crippen LogP contribution in [0.1, 0.15) is 33.6 Å². The first-order valence-corrected chi connectivity index (χ1v) is 5.30. The summed E-state index contributed by atoms with van der Waals surface area (Å²) in [6.45, 7) is 7.61. The smallest absolute Gasteiger partial charge is 0.0569 e. The SMILES string of the molecule is CCCC1(NNCCO)[C@H](C)[C@@H]1C. The standard InChI is InChI=1S/C10H22N2O/c1-4-5-10(8(2)9(10)3)12-11-6-7-13/h8-9,11-13H,4-7H2,1-3H3/t8-,9+,10?. The Kier molecular flexibility index (Phi) is 3.71. The molecule has 1 saturated carbocycles. The molecule has 1 aliphatic carbocycles. The van der Waals surface area contributed by atoms with Gasteiger partial charge < -0.3 is 5.11 Å². The van der Waals surface area contributed by atoms with Crippen molar-refractivity contribution in [2.75, 3.05) is 13.2 Å². The lowest BCUT2D eigenvalue weighted by molar-refractivity contribution is 0.265. The number of hydrogen-bond acceptors (Lipinski definition) is 3. The van der Waals surface area contributed by atoms with Crippen molar-refractivity contribution in [3.8, 4) is 0 Å². The summed E-state index contributed by atoms with van der Waals surface area (Å²) in [7, 11) is 0. The number of hydrazine groups is 1. The van der Waals surface area contributed by atoms with Crippen LogP contribution in [-0.2, 0) is 0 Å². The number of aliphatic hydroxyl groups is 1. The lowest BCUT2D eigenvalue weighted by Gasteiger charge is -2.19. The molecule has 3 nitrogen and oxygen atoms in total. The van der Waals surface area contributed by atoms with Gasteiger partial charge in [-0.05, 0) is 18.3 Å². The minimum Gasteiger partial charge on any atom is -0.395 e. The number of aliphatic hydroxyl groups excluding tert-OH is 1. The van der Waals surface area contributed by atoms with Gasteiger partial charge in [-0.1, -0.05) is 27.2 Å². The molecule has 0 radical (unpaired) electrons. The summed E-state index contributed by atoms with van der Waals surface area (Å²) in [4.78, 5) is 0. The monoisotopic (exact) mass is 186 g/mol. The van der Waals surface area contributed by atoms with Crippen LogP contribution in [0.4, 0.5) is 0 Å². The molecule has 1 rings (SSSR count). The van der Waals surface area contributed by atoms with Crippen LogP contribution in [0.2, 0.25) is 0 Å². The van der Waals surface area contributed by atoms with Crippen molar-refractivity contribution in [3.63, 3.8) is 0 Å². The fraction of sp³-hybridized carbons (Fsp3) is 1.00. The highest BCUT2D eigenvalue weighted by Crippen LogP contribution is 2.52. The molecule has 0 amide bonds. The highest BCUT2D eigenvalue weighted by atomic mass is 16.3. The van der Waals surface area contributed by atoms with Crippen molar-refractivity contribution in [2.45, 2.75) is 39.2 Å². The Morgan fingerprint density at radius 3 is 2.31 bits per heavy atom. The van der Waals surface area contributed by atoms with Gasteiger partial charge in [0.1, 0.15) is 0 Å². The Bertz CT molecular complexity index is 153. The molecule has 3 heteroatoms. The summed E-state index contributed by atoms with van der Waals surface area (Å²) >= 11 is 0. The van der Waals surface area contributed by atoms with E-state index in [1.165, 1.54) is 12.8 Å². The molecule has 1 aliphatic rings. The summed E-state index contributed by atoms with van der Waals surface area (Å²) in [6.07, 6.45) is 2.43. The van der Waals surface area contributed by atoms with Gasteiger partial charge in [0.2, 0.25) is 0 Å². The summed E-state index contributed by atoms with van der Waals surface area (Å²) in [5.41, 5.74) is 6.74. The van der Waals surface area contributed by atoms with Crippen molar-refractivity contribution in [3.05, 3.63) is 0 Å². The zero-order valence-electron chi connectivity index (χ0n) is 8.93. The van der Waals surface area contributed by atoms with Gasteiger partial charge in [0, 0.05) is 12.1 Å². The first-order valence-electron chi connectivity index (χ1n) is 5.30. The Morgan fingerprint density at radius 2 is 1.92 bits per heavy atom. The van der Waals surface area contributed by atoms with Crippen molar-refractivity contribution in [1.82, 2.24) is 10.9 Å². The third-order valence-corrected chi connectivity index (χ3v) is 3.49. The van der Waals surface area contributed by atoms with Gasteiger partial charge in [0.15, 0.2) is 0 Å². The molecule has 1 unspecified atom stereocenters. The van der Waals surface area contributed by atoms with Crippen LogP contribution in [0.3, 0.4) is 0 Å². The Hall–Kier alpha value is -0.120. The van der Waals surface area contributed by atoms with E-state index in [1.807, 2.05) is 0 Å². The molecule has 0 saturated heterocycles. The van der Waals surface area contributed by atoms with Gasteiger partial charge in [-0.2, -0.15) is 0 Å². The van der Waals surface area contributed by atoms with Crippen LogP contribution < -0.4 is 10.9 Å². The minimum atomic E-state index is 0.192. The molecule has 3 N–H and O–H groups in total. The molecular weight excluding hydrogens is 164 g/mol. The molecule has 13 heavy (non-hydrogen) atoms. The van der Waals surface area contributed by atoms with Crippen molar-refractivity contribution in [2.24, 2.45) is 11.8 Å². The highest BCUT2D eigenvalue weighted by molar-refractivity contribution is 5.12. The van der Waals surface area contributed by atoms with Crippen LogP contribution >= 0.6 is 0 Å². The maximum absolute atomic E-state index is 8.64. The molecule has 0 aromatic rings. The van der Waals surface area contributed by atoms with E-state index in [0.29, 0.717) is 12.1 Å². The Labute approximate surface area is 80.9 Å². The number of nitrogens with one attached hydrogen (secondary N) is 2. The summed E-state index contributed by atoms with van der Waals surface area (Å²) in [5, 5.41) is 8.64. The fourth-order valence-electron chi connectivity index (χ4n) is 2.30. The maximum Gasteiger partial charge on any atom is 0.0569 e. The summed E-state index contributed by atoms with van der Waals surface area (Å²) < 4.78 is 0. The molecule has 0 spiro atoms. The van der Waals surface area contributed by atoms with Gasteiger partial charge in [-0.3, -0.25) is 10.9 Å². The predicted octanol–water partition coefficient (Wildman–Crippen LogP) is 0.898. The average Bonchev–Trinajstić information content (AvgIpc) is 2.60. The number of rotatable bonds is 6. The third kappa shape index (κ3) is 2.03. The van der Waals surface area contributed by atoms with Crippen LogP contribution in [0.5, 0.6) is 0 Å². The van der Waals surface area contributed by atoms with Crippen LogP contribution in [0.15, 0.2) is 0 Å². The molecule has 0 aliphatic heterocycles. The van der Waals surface area contributed by atoms with E-state index in [1.54, 1.807) is 0 Å². The Morgan fingerprint density at radius 1 is 1.31 bits per heavy atom. The molecule has 0 heterocycles. The van der Waals surface area contributed by atoms with E-state index in [4.69, 9.17) is 5.11 Å². The molecular formula is C10H22N2O. The zero-order chi connectivity index (χ0) is 9.90. The third-order valence-electron chi connectivity index (χ3n) is 3.49. The number of hydrogen-bond donors (Lipinski definition) is 3. The van der Waals surface area contributed by atoms with E-state index >= 15 is 0 Å². The highest BCUT2D eigenvalue weighted by Gasteiger charge is 2.57. The summed E-state index contributed by atoms with van der Waals surface area (Å²) in [6, 6.07) is 0. The molecule has 0 bridgehead atoms. The normalized spacial score (nSPS) is 37.8. The van der Waals surface area contributed by atoms with E-state index in [-0.39, 0.29) is 6.61 Å².